The normalized spacial score (nSPS) is 14.8. The van der Waals surface area contributed by atoms with Crippen LogP contribution in [0.3, 0.4) is 0 Å². The predicted molar refractivity (Wildman–Crippen MR) is 138 cm³/mol. The maximum atomic E-state index is 13.2. The van der Waals surface area contributed by atoms with Crippen molar-refractivity contribution in [1.82, 2.24) is 9.21 Å². The highest BCUT2D eigenvalue weighted by Crippen LogP contribution is 2.25. The highest BCUT2D eigenvalue weighted by molar-refractivity contribution is 7.89. The first-order valence-corrected chi connectivity index (χ1v) is 12.2. The Balaban J connectivity index is 0.00000324. The monoisotopic (exact) mass is 518 g/mol. The molecule has 1 aliphatic heterocycles. The van der Waals surface area contributed by atoms with Crippen molar-refractivity contribution in [2.24, 2.45) is 5.73 Å². The number of rotatable bonds is 5. The molecule has 0 saturated carbocycles. The van der Waals surface area contributed by atoms with Crippen LogP contribution in [0.4, 0.5) is 0 Å². The SMILES string of the molecule is Cl.N=C(N)C=Cc1ccc(C(=O)N2CCN(S(=O)(=O)c3ccc4cc(Cl)ccc4c3)CC2)cc1. The van der Waals surface area contributed by atoms with Crippen molar-refractivity contribution in [2.45, 2.75) is 4.90 Å². The van der Waals surface area contributed by atoms with Crippen molar-refractivity contribution >= 4 is 62.6 Å². The number of halogens is 2. The van der Waals surface area contributed by atoms with Crippen LogP contribution in [-0.4, -0.2) is 55.5 Å². The lowest BCUT2D eigenvalue weighted by molar-refractivity contribution is 0.0698. The highest BCUT2D eigenvalue weighted by atomic mass is 35.5. The number of hydrogen-bond acceptors (Lipinski definition) is 4. The van der Waals surface area contributed by atoms with Crippen LogP contribution in [0.25, 0.3) is 16.8 Å². The van der Waals surface area contributed by atoms with Gasteiger partial charge in [-0.3, -0.25) is 10.2 Å². The Labute approximate surface area is 209 Å². The van der Waals surface area contributed by atoms with Crippen LogP contribution in [0.15, 0.2) is 71.6 Å². The number of nitrogens with one attached hydrogen (secondary N) is 1. The largest absolute Gasteiger partial charge is 0.384 e. The van der Waals surface area contributed by atoms with Gasteiger partial charge in [0, 0.05) is 36.8 Å². The molecule has 34 heavy (non-hydrogen) atoms. The molecule has 3 N–H and O–H groups in total. The van der Waals surface area contributed by atoms with Gasteiger partial charge in [-0.2, -0.15) is 4.31 Å². The molecule has 10 heteroatoms. The number of carbonyl (C=O) groups excluding carboxylic acids is 1. The summed E-state index contributed by atoms with van der Waals surface area (Å²) in [5, 5.41) is 9.50. The first-order valence-electron chi connectivity index (χ1n) is 10.3. The fourth-order valence-corrected chi connectivity index (χ4v) is 5.38. The first kappa shape index (κ1) is 25.7. The van der Waals surface area contributed by atoms with Crippen LogP contribution < -0.4 is 5.73 Å². The summed E-state index contributed by atoms with van der Waals surface area (Å²) in [6, 6.07) is 17.3. The van der Waals surface area contributed by atoms with Crippen LogP contribution in [0, 0.1) is 5.41 Å². The van der Waals surface area contributed by atoms with Crippen LogP contribution in [0.1, 0.15) is 15.9 Å². The van der Waals surface area contributed by atoms with Gasteiger partial charge in [0.25, 0.3) is 5.91 Å². The quantitative estimate of drug-likeness (QED) is 0.392. The molecule has 0 bridgehead atoms. The third-order valence-corrected chi connectivity index (χ3v) is 7.68. The lowest BCUT2D eigenvalue weighted by Gasteiger charge is -2.34. The maximum Gasteiger partial charge on any atom is 0.253 e. The standard InChI is InChI=1S/C24H23ClN4O3S.ClH/c25-21-8-6-20-16-22(9-7-19(20)15-21)33(31,32)29-13-11-28(12-14-29)24(30)18-4-1-17(2-5-18)3-10-23(26)27;/h1-10,15-16H,11-14H2,(H3,26,27);1H. The van der Waals surface area contributed by atoms with Gasteiger partial charge < -0.3 is 10.6 Å². The van der Waals surface area contributed by atoms with E-state index in [0.29, 0.717) is 23.7 Å². The number of amides is 1. The molecule has 1 saturated heterocycles. The molecule has 1 amide bonds. The molecule has 0 aliphatic carbocycles. The molecule has 0 atom stereocenters. The summed E-state index contributed by atoms with van der Waals surface area (Å²) >= 11 is 6.01. The number of nitrogens with zero attached hydrogens (tertiary/aromatic N) is 2. The van der Waals surface area contributed by atoms with Gasteiger partial charge in [-0.15, -0.1) is 12.4 Å². The molecule has 1 heterocycles. The summed E-state index contributed by atoms with van der Waals surface area (Å²) in [6.45, 7) is 1.08. The van der Waals surface area contributed by atoms with E-state index in [1.54, 1.807) is 71.6 Å². The molecule has 1 fully saturated rings. The number of piperazine rings is 1. The van der Waals surface area contributed by atoms with Crippen molar-refractivity contribution in [3.63, 3.8) is 0 Å². The van der Waals surface area contributed by atoms with Crippen molar-refractivity contribution < 1.29 is 13.2 Å². The Hall–Kier alpha value is -2.91. The van der Waals surface area contributed by atoms with E-state index in [0.717, 1.165) is 16.3 Å². The zero-order valence-electron chi connectivity index (χ0n) is 18.1. The first-order chi connectivity index (χ1) is 15.7. The Kier molecular flexibility index (Phi) is 7.99. The zero-order valence-corrected chi connectivity index (χ0v) is 20.5. The summed E-state index contributed by atoms with van der Waals surface area (Å²) in [4.78, 5) is 14.7. The number of nitrogens with two attached hydrogens (primary N) is 1. The minimum Gasteiger partial charge on any atom is -0.384 e. The van der Waals surface area contributed by atoms with Gasteiger partial charge in [-0.25, -0.2) is 8.42 Å². The van der Waals surface area contributed by atoms with E-state index in [4.69, 9.17) is 22.7 Å². The third-order valence-electron chi connectivity index (χ3n) is 5.55. The Morgan fingerprint density at radius 2 is 1.56 bits per heavy atom. The minimum absolute atomic E-state index is 0. The smallest absolute Gasteiger partial charge is 0.253 e. The summed E-state index contributed by atoms with van der Waals surface area (Å²) in [5.41, 5.74) is 6.67. The molecule has 0 unspecified atom stereocenters. The molecule has 7 nitrogen and oxygen atoms in total. The minimum atomic E-state index is -3.67. The molecule has 1 aliphatic rings. The van der Waals surface area contributed by atoms with Crippen molar-refractivity contribution in [1.29, 1.82) is 5.41 Å². The second kappa shape index (κ2) is 10.6. The number of sulfonamides is 1. The average molecular weight is 519 g/mol. The van der Waals surface area contributed by atoms with Crippen LogP contribution in [0.2, 0.25) is 5.02 Å². The number of benzene rings is 3. The average Bonchev–Trinajstić information content (AvgIpc) is 2.82. The van der Waals surface area contributed by atoms with E-state index >= 15 is 0 Å². The number of amidine groups is 1. The predicted octanol–water partition coefficient (Wildman–Crippen LogP) is 4.01. The molecule has 3 aromatic rings. The van der Waals surface area contributed by atoms with E-state index in [9.17, 15) is 13.2 Å². The fourth-order valence-electron chi connectivity index (χ4n) is 3.74. The molecule has 4 rings (SSSR count). The molecular formula is C24H24Cl2N4O3S. The lowest BCUT2D eigenvalue weighted by atomic mass is 10.1. The van der Waals surface area contributed by atoms with Crippen molar-refractivity contribution in [3.05, 3.63) is 82.9 Å². The summed E-state index contributed by atoms with van der Waals surface area (Å²) < 4.78 is 27.7. The van der Waals surface area contributed by atoms with Gasteiger partial charge in [0.05, 0.1) is 4.90 Å². The molecular weight excluding hydrogens is 495 g/mol. The van der Waals surface area contributed by atoms with Crippen molar-refractivity contribution in [3.8, 4) is 0 Å². The van der Waals surface area contributed by atoms with E-state index in [-0.39, 0.29) is 42.1 Å². The Morgan fingerprint density at radius 3 is 2.21 bits per heavy atom. The number of hydrogen-bond donors (Lipinski definition) is 2. The molecule has 3 aromatic carbocycles. The van der Waals surface area contributed by atoms with Gasteiger partial charge in [-0.05, 0) is 58.8 Å². The van der Waals surface area contributed by atoms with E-state index < -0.39 is 10.0 Å². The topological polar surface area (TPSA) is 108 Å². The van der Waals surface area contributed by atoms with Gasteiger partial charge in [-0.1, -0.05) is 41.9 Å². The van der Waals surface area contributed by atoms with Crippen molar-refractivity contribution in [2.75, 3.05) is 26.2 Å². The van der Waals surface area contributed by atoms with Crippen LogP contribution >= 0.6 is 24.0 Å². The third kappa shape index (κ3) is 5.59. The molecule has 0 radical (unpaired) electrons. The molecule has 0 spiro atoms. The summed E-state index contributed by atoms with van der Waals surface area (Å²) in [7, 11) is -3.67. The molecule has 0 aromatic heterocycles. The second-order valence-electron chi connectivity index (χ2n) is 7.76. The Morgan fingerprint density at radius 1 is 0.941 bits per heavy atom. The number of carbonyl (C=O) groups is 1. The van der Waals surface area contributed by atoms with Gasteiger partial charge >= 0.3 is 0 Å². The lowest BCUT2D eigenvalue weighted by Crippen LogP contribution is -2.50. The van der Waals surface area contributed by atoms with Gasteiger partial charge in [0.1, 0.15) is 5.84 Å². The fraction of sp³-hybridized carbons (Fsp3) is 0.167. The van der Waals surface area contributed by atoms with Gasteiger partial charge in [0.15, 0.2) is 0 Å². The van der Waals surface area contributed by atoms with Gasteiger partial charge in [0.2, 0.25) is 10.0 Å². The summed E-state index contributed by atoms with van der Waals surface area (Å²) in [6.07, 6.45) is 3.17. The van der Waals surface area contributed by atoms with Crippen LogP contribution in [0.5, 0.6) is 0 Å². The zero-order chi connectivity index (χ0) is 23.6. The summed E-state index contributed by atoms with van der Waals surface area (Å²) in [5.74, 6) is -0.187. The second-order valence-corrected chi connectivity index (χ2v) is 10.1. The van der Waals surface area contributed by atoms with Crippen LogP contribution in [-0.2, 0) is 10.0 Å². The van der Waals surface area contributed by atoms with E-state index in [2.05, 4.69) is 0 Å². The Bertz CT molecular complexity index is 1350. The van der Waals surface area contributed by atoms with E-state index in [1.165, 1.54) is 10.4 Å². The highest BCUT2D eigenvalue weighted by Gasteiger charge is 2.30. The van der Waals surface area contributed by atoms with E-state index in [1.807, 2.05) is 0 Å². The number of fused-ring (bicyclic) bond motifs is 1. The maximum absolute atomic E-state index is 13.2. The molecule has 178 valence electrons.